The van der Waals surface area contributed by atoms with E-state index in [1.807, 2.05) is 0 Å². The van der Waals surface area contributed by atoms with Crippen LogP contribution in [0.4, 0.5) is 11.5 Å². The van der Waals surface area contributed by atoms with Crippen molar-refractivity contribution in [3.8, 4) is 0 Å². The zero-order chi connectivity index (χ0) is 12.8. The highest BCUT2D eigenvalue weighted by atomic mass is 15.2. The van der Waals surface area contributed by atoms with Crippen LogP contribution in [0, 0.1) is 0 Å². The van der Waals surface area contributed by atoms with Gasteiger partial charge < -0.3 is 10.6 Å². The van der Waals surface area contributed by atoms with Crippen LogP contribution in [0.1, 0.15) is 52.8 Å². The molecule has 0 atom stereocenters. The van der Waals surface area contributed by atoms with Crippen molar-refractivity contribution in [1.29, 1.82) is 0 Å². The molecule has 0 saturated carbocycles. The van der Waals surface area contributed by atoms with E-state index in [1.54, 1.807) is 0 Å². The first-order valence-electron chi connectivity index (χ1n) is 6.23. The summed E-state index contributed by atoms with van der Waals surface area (Å²) in [6.45, 7) is 14.2. The van der Waals surface area contributed by atoms with Crippen molar-refractivity contribution in [2.45, 2.75) is 52.4 Å². The first-order chi connectivity index (χ1) is 7.69. The van der Waals surface area contributed by atoms with Crippen LogP contribution in [-0.2, 0) is 10.8 Å². The third-order valence-corrected chi connectivity index (χ3v) is 3.08. The van der Waals surface area contributed by atoms with E-state index < -0.39 is 0 Å². The molecule has 0 radical (unpaired) electrons. The lowest BCUT2D eigenvalue weighted by Gasteiger charge is -2.29. The minimum absolute atomic E-state index is 0.0713. The summed E-state index contributed by atoms with van der Waals surface area (Å²) < 4.78 is 0. The predicted octanol–water partition coefficient (Wildman–Crippen LogP) is 3.47. The van der Waals surface area contributed by atoms with Crippen LogP contribution < -0.4 is 10.6 Å². The smallest absolute Gasteiger partial charge is 0.151 e. The molecule has 0 aliphatic carbocycles. The maximum atomic E-state index is 4.82. The van der Waals surface area contributed by atoms with Gasteiger partial charge in [0, 0.05) is 5.41 Å². The summed E-state index contributed by atoms with van der Waals surface area (Å²) in [5.74, 6) is 0.989. The lowest BCUT2D eigenvalue weighted by atomic mass is 9.78. The molecule has 3 heteroatoms. The van der Waals surface area contributed by atoms with E-state index in [4.69, 9.17) is 4.98 Å². The highest BCUT2D eigenvalue weighted by Crippen LogP contribution is 2.37. The Labute approximate surface area is 104 Å². The number of anilines is 2. The first kappa shape index (κ1) is 12.2. The Morgan fingerprint density at radius 3 is 2.18 bits per heavy atom. The van der Waals surface area contributed by atoms with E-state index in [9.17, 15) is 0 Å². The Morgan fingerprint density at radius 1 is 1.00 bits per heavy atom. The van der Waals surface area contributed by atoms with Gasteiger partial charge in [-0.1, -0.05) is 41.5 Å². The Morgan fingerprint density at radius 2 is 1.65 bits per heavy atom. The second-order valence-electron chi connectivity index (χ2n) is 6.81. The van der Waals surface area contributed by atoms with Gasteiger partial charge in [-0.25, -0.2) is 4.98 Å². The average Bonchev–Trinajstić information content (AvgIpc) is 2.59. The number of aromatic nitrogens is 1. The summed E-state index contributed by atoms with van der Waals surface area (Å²) in [6, 6.07) is 2.25. The van der Waals surface area contributed by atoms with Gasteiger partial charge >= 0.3 is 0 Å². The van der Waals surface area contributed by atoms with E-state index in [2.05, 4.69) is 58.2 Å². The summed E-state index contributed by atoms with van der Waals surface area (Å²) in [5, 5.41) is 6.59. The van der Waals surface area contributed by atoms with Crippen LogP contribution in [0.3, 0.4) is 0 Å². The Bertz CT molecular complexity index is 395. The number of rotatable bonds is 0. The molecule has 0 aromatic carbocycles. The highest BCUT2D eigenvalue weighted by Gasteiger charge is 2.29. The molecule has 0 saturated heterocycles. The van der Waals surface area contributed by atoms with E-state index in [-0.39, 0.29) is 10.8 Å². The first-order valence-corrected chi connectivity index (χ1v) is 6.23. The summed E-state index contributed by atoms with van der Waals surface area (Å²) in [4.78, 5) is 4.82. The third kappa shape index (κ3) is 2.24. The summed E-state index contributed by atoms with van der Waals surface area (Å²) in [7, 11) is 0. The van der Waals surface area contributed by atoms with Crippen LogP contribution in [0.5, 0.6) is 0 Å². The van der Waals surface area contributed by atoms with Crippen LogP contribution >= 0.6 is 0 Å². The van der Waals surface area contributed by atoms with Crippen molar-refractivity contribution in [1.82, 2.24) is 4.98 Å². The number of hydrogen-bond donors (Lipinski definition) is 2. The molecule has 0 spiro atoms. The Kier molecular flexibility index (Phi) is 2.60. The number of pyridine rings is 1. The molecule has 1 aliphatic heterocycles. The summed E-state index contributed by atoms with van der Waals surface area (Å²) in [5.41, 5.74) is 3.85. The normalized spacial score (nSPS) is 15.2. The second kappa shape index (κ2) is 3.62. The van der Waals surface area contributed by atoms with Gasteiger partial charge in [0.25, 0.3) is 0 Å². The predicted molar refractivity (Wildman–Crippen MR) is 73.7 cm³/mol. The van der Waals surface area contributed by atoms with Gasteiger partial charge in [0.15, 0.2) is 5.82 Å². The minimum atomic E-state index is 0.0713. The van der Waals surface area contributed by atoms with Crippen LogP contribution in [0.15, 0.2) is 6.07 Å². The van der Waals surface area contributed by atoms with Crippen molar-refractivity contribution < 1.29 is 0 Å². The molecule has 1 aromatic rings. The van der Waals surface area contributed by atoms with Crippen molar-refractivity contribution in [2.24, 2.45) is 0 Å². The molecule has 2 heterocycles. The molecule has 0 amide bonds. The van der Waals surface area contributed by atoms with Gasteiger partial charge in [0.1, 0.15) is 0 Å². The molecule has 1 aromatic heterocycles. The van der Waals surface area contributed by atoms with Gasteiger partial charge in [-0.05, 0) is 17.0 Å². The fourth-order valence-electron chi connectivity index (χ4n) is 2.15. The fourth-order valence-corrected chi connectivity index (χ4v) is 2.15. The highest BCUT2D eigenvalue weighted by molar-refractivity contribution is 5.71. The Balaban J connectivity index is 2.64. The number of nitrogens with zero attached hydrogens (tertiary/aromatic N) is 1. The summed E-state index contributed by atoms with van der Waals surface area (Å²) in [6.07, 6.45) is 0. The number of nitrogens with one attached hydrogen (secondary N) is 2. The molecule has 3 nitrogen and oxygen atoms in total. The average molecular weight is 233 g/mol. The molecule has 17 heavy (non-hydrogen) atoms. The maximum Gasteiger partial charge on any atom is 0.151 e. The molecule has 2 N–H and O–H groups in total. The topological polar surface area (TPSA) is 37.0 Å². The van der Waals surface area contributed by atoms with Crippen molar-refractivity contribution in [3.63, 3.8) is 0 Å². The van der Waals surface area contributed by atoms with Crippen molar-refractivity contribution in [2.75, 3.05) is 17.3 Å². The van der Waals surface area contributed by atoms with Crippen molar-refractivity contribution >= 4 is 11.5 Å². The van der Waals surface area contributed by atoms with Crippen LogP contribution in [0.2, 0.25) is 0 Å². The largest absolute Gasteiger partial charge is 0.365 e. The number of hydrogen-bond acceptors (Lipinski definition) is 3. The molecular formula is C14H23N3. The zero-order valence-corrected chi connectivity index (χ0v) is 11.7. The maximum absolute atomic E-state index is 4.82. The lowest BCUT2D eigenvalue weighted by Crippen LogP contribution is -2.23. The molecule has 0 bridgehead atoms. The molecule has 94 valence electrons. The van der Waals surface area contributed by atoms with Crippen molar-refractivity contribution in [3.05, 3.63) is 17.3 Å². The fraction of sp³-hybridized carbons (Fsp3) is 0.643. The Hall–Kier alpha value is -1.25. The molecular weight excluding hydrogens is 210 g/mol. The SMILES string of the molecule is CC(C)(C)c1cc2c(nc1C(C)(C)C)NCN2. The zero-order valence-electron chi connectivity index (χ0n) is 11.7. The standard InChI is InChI=1S/C14H23N3/c1-13(2,3)9-7-10-12(16-8-15-10)17-11(9)14(4,5)6/h7,15H,8H2,1-6H3,(H,16,17). The van der Waals surface area contributed by atoms with Gasteiger partial charge in [0.05, 0.1) is 18.1 Å². The van der Waals surface area contributed by atoms with Gasteiger partial charge in [-0.3, -0.25) is 0 Å². The molecule has 1 aliphatic rings. The third-order valence-electron chi connectivity index (χ3n) is 3.08. The molecule has 0 unspecified atom stereocenters. The van der Waals surface area contributed by atoms with E-state index in [0.717, 1.165) is 18.2 Å². The van der Waals surface area contributed by atoms with E-state index in [0.29, 0.717) is 0 Å². The van der Waals surface area contributed by atoms with E-state index >= 15 is 0 Å². The second-order valence-corrected chi connectivity index (χ2v) is 6.81. The minimum Gasteiger partial charge on any atom is -0.365 e. The van der Waals surface area contributed by atoms with Gasteiger partial charge in [-0.15, -0.1) is 0 Å². The van der Waals surface area contributed by atoms with Crippen LogP contribution in [-0.4, -0.2) is 11.7 Å². The van der Waals surface area contributed by atoms with E-state index in [1.165, 1.54) is 11.3 Å². The summed E-state index contributed by atoms with van der Waals surface area (Å²) >= 11 is 0. The van der Waals surface area contributed by atoms with Crippen LogP contribution in [0.25, 0.3) is 0 Å². The number of fused-ring (bicyclic) bond motifs is 1. The van der Waals surface area contributed by atoms with Gasteiger partial charge in [-0.2, -0.15) is 0 Å². The van der Waals surface area contributed by atoms with Gasteiger partial charge in [0.2, 0.25) is 0 Å². The monoisotopic (exact) mass is 233 g/mol. The molecule has 2 rings (SSSR count). The quantitative estimate of drug-likeness (QED) is 0.720. The molecule has 0 fully saturated rings. The lowest BCUT2D eigenvalue weighted by molar-refractivity contribution is 0.515.